The highest BCUT2D eigenvalue weighted by atomic mass is 35.5. The standard InChI is InChI=1S/C11H8ClFN4S/c12-6-1-7(13)3-8(2-6)17-10-5-15-9(4-16-10)11(14)18/h1-5H,(H2,14,18)(H,16,17). The van der Waals surface area contributed by atoms with Gasteiger partial charge in [0.2, 0.25) is 0 Å². The van der Waals surface area contributed by atoms with Gasteiger partial charge in [-0.3, -0.25) is 0 Å². The number of nitrogens with zero attached hydrogens (tertiary/aromatic N) is 2. The van der Waals surface area contributed by atoms with Gasteiger partial charge in [-0.1, -0.05) is 23.8 Å². The molecule has 92 valence electrons. The average molecular weight is 283 g/mol. The van der Waals surface area contributed by atoms with Crippen LogP contribution < -0.4 is 11.1 Å². The van der Waals surface area contributed by atoms with E-state index in [9.17, 15) is 4.39 Å². The van der Waals surface area contributed by atoms with Crippen molar-refractivity contribution in [1.29, 1.82) is 0 Å². The second-order valence-electron chi connectivity index (χ2n) is 3.43. The Morgan fingerprint density at radius 1 is 1.28 bits per heavy atom. The lowest BCUT2D eigenvalue weighted by Gasteiger charge is -2.06. The molecule has 0 aliphatic carbocycles. The molecule has 0 unspecified atom stereocenters. The maximum atomic E-state index is 13.1. The lowest BCUT2D eigenvalue weighted by molar-refractivity contribution is 0.628. The molecule has 18 heavy (non-hydrogen) atoms. The van der Waals surface area contributed by atoms with Crippen molar-refractivity contribution in [3.05, 3.63) is 47.1 Å². The first-order valence-corrected chi connectivity index (χ1v) is 5.68. The van der Waals surface area contributed by atoms with Gasteiger partial charge in [0.15, 0.2) is 0 Å². The fraction of sp³-hybridized carbons (Fsp3) is 0. The van der Waals surface area contributed by atoms with Crippen LogP contribution in [0, 0.1) is 5.82 Å². The van der Waals surface area contributed by atoms with Crippen molar-refractivity contribution in [2.75, 3.05) is 5.32 Å². The van der Waals surface area contributed by atoms with Crippen molar-refractivity contribution in [1.82, 2.24) is 9.97 Å². The van der Waals surface area contributed by atoms with Crippen LogP contribution in [0.1, 0.15) is 5.69 Å². The van der Waals surface area contributed by atoms with Crippen LogP contribution in [0.15, 0.2) is 30.6 Å². The van der Waals surface area contributed by atoms with Gasteiger partial charge < -0.3 is 11.1 Å². The SMILES string of the molecule is NC(=S)c1cnc(Nc2cc(F)cc(Cl)c2)cn1. The number of thiocarbonyl (C=S) groups is 1. The second kappa shape index (κ2) is 5.24. The quantitative estimate of drug-likeness (QED) is 0.848. The molecular weight excluding hydrogens is 275 g/mol. The predicted molar refractivity (Wildman–Crippen MR) is 72.6 cm³/mol. The summed E-state index contributed by atoms with van der Waals surface area (Å²) in [5.41, 5.74) is 6.31. The van der Waals surface area contributed by atoms with Crippen LogP contribution >= 0.6 is 23.8 Å². The maximum absolute atomic E-state index is 13.1. The van der Waals surface area contributed by atoms with Crippen molar-refractivity contribution >= 4 is 40.3 Å². The summed E-state index contributed by atoms with van der Waals surface area (Å²) in [6, 6.07) is 4.09. The fourth-order valence-electron chi connectivity index (χ4n) is 1.29. The Morgan fingerprint density at radius 2 is 2.06 bits per heavy atom. The predicted octanol–water partition coefficient (Wildman–Crippen LogP) is 2.65. The van der Waals surface area contributed by atoms with Crippen molar-refractivity contribution in [2.45, 2.75) is 0 Å². The Kier molecular flexibility index (Phi) is 3.69. The Balaban J connectivity index is 2.20. The van der Waals surface area contributed by atoms with E-state index in [0.717, 1.165) is 0 Å². The van der Waals surface area contributed by atoms with E-state index < -0.39 is 5.82 Å². The van der Waals surface area contributed by atoms with Crippen LogP contribution in [0.4, 0.5) is 15.9 Å². The minimum atomic E-state index is -0.433. The molecule has 0 aliphatic rings. The van der Waals surface area contributed by atoms with E-state index in [1.54, 1.807) is 6.07 Å². The normalized spacial score (nSPS) is 10.1. The minimum absolute atomic E-state index is 0.169. The van der Waals surface area contributed by atoms with Crippen LogP contribution in [0.25, 0.3) is 0 Å². The molecule has 0 aliphatic heterocycles. The van der Waals surface area contributed by atoms with Crippen molar-refractivity contribution in [2.24, 2.45) is 5.73 Å². The summed E-state index contributed by atoms with van der Waals surface area (Å²) in [6.45, 7) is 0. The van der Waals surface area contributed by atoms with E-state index in [1.165, 1.54) is 24.5 Å². The highest BCUT2D eigenvalue weighted by molar-refractivity contribution is 7.80. The van der Waals surface area contributed by atoms with E-state index in [2.05, 4.69) is 15.3 Å². The topological polar surface area (TPSA) is 63.8 Å². The molecule has 2 aromatic rings. The van der Waals surface area contributed by atoms with Crippen LogP contribution in [-0.4, -0.2) is 15.0 Å². The third-order valence-corrected chi connectivity index (χ3v) is 2.47. The van der Waals surface area contributed by atoms with E-state index in [4.69, 9.17) is 29.6 Å². The average Bonchev–Trinajstić information content (AvgIpc) is 2.28. The molecule has 0 fully saturated rings. The van der Waals surface area contributed by atoms with E-state index >= 15 is 0 Å². The Morgan fingerprint density at radius 3 is 2.61 bits per heavy atom. The van der Waals surface area contributed by atoms with Crippen LogP contribution in [0.2, 0.25) is 5.02 Å². The number of halogens is 2. The number of aromatic nitrogens is 2. The van der Waals surface area contributed by atoms with Crippen molar-refractivity contribution < 1.29 is 4.39 Å². The summed E-state index contributed by atoms with van der Waals surface area (Å²) < 4.78 is 13.1. The van der Waals surface area contributed by atoms with E-state index in [0.29, 0.717) is 22.2 Å². The molecule has 0 radical (unpaired) electrons. The molecule has 1 aromatic heterocycles. The summed E-state index contributed by atoms with van der Waals surface area (Å²) in [6.07, 6.45) is 2.89. The minimum Gasteiger partial charge on any atom is -0.388 e. The number of anilines is 2. The number of nitrogens with one attached hydrogen (secondary N) is 1. The first-order valence-electron chi connectivity index (χ1n) is 4.89. The number of nitrogens with two attached hydrogens (primary N) is 1. The van der Waals surface area contributed by atoms with Crippen molar-refractivity contribution in [3.8, 4) is 0 Å². The zero-order valence-electron chi connectivity index (χ0n) is 9.02. The molecule has 0 amide bonds. The van der Waals surface area contributed by atoms with Crippen LogP contribution in [0.3, 0.4) is 0 Å². The Hall–Kier alpha value is -1.79. The molecule has 0 bridgehead atoms. The summed E-state index contributed by atoms with van der Waals surface area (Å²) in [7, 11) is 0. The first-order chi connectivity index (χ1) is 8.54. The van der Waals surface area contributed by atoms with Crippen LogP contribution in [-0.2, 0) is 0 Å². The highest BCUT2D eigenvalue weighted by Gasteiger charge is 2.02. The number of benzene rings is 1. The number of hydrogen-bond donors (Lipinski definition) is 2. The number of hydrogen-bond acceptors (Lipinski definition) is 4. The molecular formula is C11H8ClFN4S. The smallest absolute Gasteiger partial charge is 0.148 e. The van der Waals surface area contributed by atoms with Gasteiger partial charge in [0, 0.05) is 10.7 Å². The molecule has 2 rings (SSSR count). The summed E-state index contributed by atoms with van der Waals surface area (Å²) >= 11 is 10.5. The monoisotopic (exact) mass is 282 g/mol. The molecule has 0 saturated heterocycles. The lowest BCUT2D eigenvalue weighted by Crippen LogP contribution is -2.12. The third-order valence-electron chi connectivity index (χ3n) is 2.04. The zero-order chi connectivity index (χ0) is 13.1. The Labute approximate surface area is 113 Å². The Bertz CT molecular complexity index is 568. The summed E-state index contributed by atoms with van der Waals surface area (Å²) in [5, 5.41) is 3.17. The molecule has 1 heterocycles. The van der Waals surface area contributed by atoms with Gasteiger partial charge in [-0.25, -0.2) is 14.4 Å². The van der Waals surface area contributed by atoms with Gasteiger partial charge in [0.05, 0.1) is 12.4 Å². The molecule has 7 heteroatoms. The molecule has 0 spiro atoms. The molecule has 4 nitrogen and oxygen atoms in total. The first kappa shape index (κ1) is 12.7. The summed E-state index contributed by atoms with van der Waals surface area (Å²) in [4.78, 5) is 8.22. The van der Waals surface area contributed by atoms with Gasteiger partial charge in [-0.2, -0.15) is 0 Å². The van der Waals surface area contributed by atoms with Gasteiger partial charge in [-0.15, -0.1) is 0 Å². The fourth-order valence-corrected chi connectivity index (χ4v) is 1.62. The largest absolute Gasteiger partial charge is 0.388 e. The molecule has 0 atom stereocenters. The van der Waals surface area contributed by atoms with Gasteiger partial charge in [0.25, 0.3) is 0 Å². The van der Waals surface area contributed by atoms with E-state index in [1.807, 2.05) is 0 Å². The number of rotatable bonds is 3. The lowest BCUT2D eigenvalue weighted by atomic mass is 10.3. The van der Waals surface area contributed by atoms with E-state index in [-0.39, 0.29) is 4.99 Å². The second-order valence-corrected chi connectivity index (χ2v) is 4.31. The molecule has 1 aromatic carbocycles. The highest BCUT2D eigenvalue weighted by Crippen LogP contribution is 2.20. The zero-order valence-corrected chi connectivity index (χ0v) is 10.6. The maximum Gasteiger partial charge on any atom is 0.148 e. The van der Waals surface area contributed by atoms with Gasteiger partial charge in [0.1, 0.15) is 22.3 Å². The summed E-state index contributed by atoms with van der Waals surface area (Å²) in [5.74, 6) is 0.00869. The molecule has 0 saturated carbocycles. The van der Waals surface area contributed by atoms with Gasteiger partial charge >= 0.3 is 0 Å². The molecule has 3 N–H and O–H groups in total. The van der Waals surface area contributed by atoms with Crippen LogP contribution in [0.5, 0.6) is 0 Å². The van der Waals surface area contributed by atoms with Gasteiger partial charge in [-0.05, 0) is 18.2 Å². The van der Waals surface area contributed by atoms with Crippen molar-refractivity contribution in [3.63, 3.8) is 0 Å². The third kappa shape index (κ3) is 3.12.